The van der Waals surface area contributed by atoms with Crippen molar-refractivity contribution in [3.05, 3.63) is 65.2 Å². The second-order valence-corrected chi connectivity index (χ2v) is 10.1. The van der Waals surface area contributed by atoms with Gasteiger partial charge in [0.25, 0.3) is 0 Å². The number of ether oxygens (including phenoxy) is 1. The fourth-order valence-electron chi connectivity index (χ4n) is 4.15. The fraction of sp³-hybridized carbons (Fsp3) is 0.417. The summed E-state index contributed by atoms with van der Waals surface area (Å²) in [5.74, 6) is -0.480. The first-order chi connectivity index (χ1) is 14.7. The van der Waals surface area contributed by atoms with Crippen molar-refractivity contribution in [1.82, 2.24) is 4.31 Å². The molecule has 2 aromatic rings. The third-order valence-electron chi connectivity index (χ3n) is 5.94. The molecule has 3 rings (SSSR count). The molecule has 0 unspecified atom stereocenters. The molecule has 1 saturated heterocycles. The Bertz CT molecular complexity index is 1060. The molecular weight excluding hydrogens is 414 g/mol. The van der Waals surface area contributed by atoms with Crippen LogP contribution in [0.3, 0.4) is 0 Å². The van der Waals surface area contributed by atoms with Crippen LogP contribution in [0.5, 0.6) is 0 Å². The van der Waals surface area contributed by atoms with Gasteiger partial charge in [-0.1, -0.05) is 36.4 Å². The first kappa shape index (κ1) is 23.2. The van der Waals surface area contributed by atoms with E-state index in [0.29, 0.717) is 31.4 Å². The lowest BCUT2D eigenvalue weighted by Gasteiger charge is -2.40. The zero-order valence-corrected chi connectivity index (χ0v) is 19.1. The Labute approximate surface area is 184 Å². The van der Waals surface area contributed by atoms with Gasteiger partial charge in [0.2, 0.25) is 10.0 Å². The van der Waals surface area contributed by atoms with E-state index in [1.807, 2.05) is 31.2 Å². The van der Waals surface area contributed by atoms with Gasteiger partial charge in [-0.3, -0.25) is 9.59 Å². The monoisotopic (exact) mass is 443 g/mol. The number of sulfonamides is 1. The second kappa shape index (κ2) is 9.32. The first-order valence-electron chi connectivity index (χ1n) is 10.5. The van der Waals surface area contributed by atoms with E-state index in [1.54, 1.807) is 6.92 Å². The standard InChI is InChI=1S/C24H29NO5S/c1-4-30-23(27)24(16-21-9-6-5-8-18(21)2)14-7-15-25(17-24)31(28,29)22-12-10-20(11-13-22)19(3)26/h5-6,8-13H,4,7,14-17H2,1-3H3/t24-/m1/s1. The van der Waals surface area contributed by atoms with Gasteiger partial charge in [0.05, 0.1) is 16.9 Å². The summed E-state index contributed by atoms with van der Waals surface area (Å²) in [6, 6.07) is 13.8. The summed E-state index contributed by atoms with van der Waals surface area (Å²) in [4.78, 5) is 24.7. The smallest absolute Gasteiger partial charge is 0.313 e. The fourth-order valence-corrected chi connectivity index (χ4v) is 5.71. The summed E-state index contributed by atoms with van der Waals surface area (Å²) in [5, 5.41) is 0. The number of esters is 1. The van der Waals surface area contributed by atoms with Crippen molar-refractivity contribution in [3.8, 4) is 0 Å². The highest BCUT2D eigenvalue weighted by atomic mass is 32.2. The molecule has 0 N–H and O–H groups in total. The molecule has 1 aliphatic heterocycles. The van der Waals surface area contributed by atoms with Crippen molar-refractivity contribution in [1.29, 1.82) is 0 Å². The Hall–Kier alpha value is -2.51. The van der Waals surface area contributed by atoms with Gasteiger partial charge >= 0.3 is 5.97 Å². The van der Waals surface area contributed by atoms with Gasteiger partial charge in [0.1, 0.15) is 0 Å². The SMILES string of the molecule is CCOC(=O)[C@@]1(Cc2ccccc2C)CCCN(S(=O)(=O)c2ccc(C(C)=O)cc2)C1. The molecule has 0 radical (unpaired) electrons. The normalized spacial score (nSPS) is 19.7. The van der Waals surface area contributed by atoms with Crippen LogP contribution in [0.2, 0.25) is 0 Å². The minimum atomic E-state index is -3.81. The number of hydrogen-bond donors (Lipinski definition) is 0. The van der Waals surface area contributed by atoms with Crippen LogP contribution in [-0.2, 0) is 26.0 Å². The maximum absolute atomic E-state index is 13.3. The van der Waals surface area contributed by atoms with Crippen LogP contribution in [0, 0.1) is 12.3 Å². The molecule has 2 aromatic carbocycles. The number of hydrogen-bond acceptors (Lipinski definition) is 5. The number of ketones is 1. The number of nitrogens with zero attached hydrogens (tertiary/aromatic N) is 1. The number of piperidine rings is 1. The van der Waals surface area contributed by atoms with Crippen LogP contribution < -0.4 is 0 Å². The van der Waals surface area contributed by atoms with E-state index in [4.69, 9.17) is 4.74 Å². The molecule has 0 aromatic heterocycles. The molecule has 1 aliphatic rings. The second-order valence-electron chi connectivity index (χ2n) is 8.13. The quantitative estimate of drug-likeness (QED) is 0.481. The van der Waals surface area contributed by atoms with Gasteiger partial charge in [0, 0.05) is 18.7 Å². The maximum Gasteiger partial charge on any atom is 0.313 e. The van der Waals surface area contributed by atoms with Gasteiger partial charge < -0.3 is 4.74 Å². The Morgan fingerprint density at radius 2 is 1.77 bits per heavy atom. The average molecular weight is 444 g/mol. The molecule has 1 heterocycles. The molecule has 0 spiro atoms. The lowest BCUT2D eigenvalue weighted by atomic mass is 9.75. The van der Waals surface area contributed by atoms with Crippen molar-refractivity contribution in [2.24, 2.45) is 5.41 Å². The summed E-state index contributed by atoms with van der Waals surface area (Å²) in [6.07, 6.45) is 1.55. The van der Waals surface area contributed by atoms with Gasteiger partial charge in [-0.15, -0.1) is 0 Å². The predicted octanol–water partition coefficient (Wildman–Crippen LogP) is 3.77. The third-order valence-corrected chi connectivity index (χ3v) is 7.80. The van der Waals surface area contributed by atoms with Crippen LogP contribution >= 0.6 is 0 Å². The number of carbonyl (C=O) groups excluding carboxylic acids is 2. The van der Waals surface area contributed by atoms with Crippen molar-refractivity contribution in [2.75, 3.05) is 19.7 Å². The minimum absolute atomic E-state index is 0.0664. The van der Waals surface area contributed by atoms with E-state index in [1.165, 1.54) is 35.5 Å². The average Bonchev–Trinajstić information content (AvgIpc) is 2.76. The molecule has 31 heavy (non-hydrogen) atoms. The van der Waals surface area contributed by atoms with Gasteiger partial charge in [-0.2, -0.15) is 4.31 Å². The Morgan fingerprint density at radius 3 is 2.39 bits per heavy atom. The number of carbonyl (C=O) groups is 2. The molecule has 166 valence electrons. The lowest BCUT2D eigenvalue weighted by Crippen LogP contribution is -2.51. The van der Waals surface area contributed by atoms with Crippen LogP contribution in [0.15, 0.2) is 53.4 Å². The summed E-state index contributed by atoms with van der Waals surface area (Å²) >= 11 is 0. The Kier molecular flexibility index (Phi) is 6.96. The molecule has 0 bridgehead atoms. The van der Waals surface area contributed by atoms with Crippen LogP contribution in [0.4, 0.5) is 0 Å². The molecule has 6 nitrogen and oxygen atoms in total. The Balaban J connectivity index is 1.95. The van der Waals surface area contributed by atoms with Crippen molar-refractivity contribution in [3.63, 3.8) is 0 Å². The number of benzene rings is 2. The summed E-state index contributed by atoms with van der Waals surface area (Å²) in [6.45, 7) is 5.83. The van der Waals surface area contributed by atoms with E-state index in [9.17, 15) is 18.0 Å². The number of Topliss-reactive ketones (excluding diaryl/α,β-unsaturated/α-hetero) is 1. The van der Waals surface area contributed by atoms with E-state index in [-0.39, 0.29) is 29.8 Å². The lowest BCUT2D eigenvalue weighted by molar-refractivity contribution is -0.157. The van der Waals surface area contributed by atoms with Gasteiger partial charge in [-0.05, 0) is 63.3 Å². The number of rotatable bonds is 7. The van der Waals surface area contributed by atoms with Crippen molar-refractivity contribution < 1.29 is 22.7 Å². The zero-order valence-electron chi connectivity index (χ0n) is 18.3. The molecule has 0 aliphatic carbocycles. The molecular formula is C24H29NO5S. The molecule has 1 atom stereocenters. The topological polar surface area (TPSA) is 80.8 Å². The summed E-state index contributed by atoms with van der Waals surface area (Å²) in [7, 11) is -3.81. The molecule has 0 saturated carbocycles. The zero-order chi connectivity index (χ0) is 22.6. The van der Waals surface area contributed by atoms with E-state index >= 15 is 0 Å². The van der Waals surface area contributed by atoms with E-state index < -0.39 is 15.4 Å². The highest BCUT2D eigenvalue weighted by Crippen LogP contribution is 2.38. The van der Waals surface area contributed by atoms with Gasteiger partial charge in [-0.25, -0.2) is 8.42 Å². The third kappa shape index (κ3) is 4.88. The minimum Gasteiger partial charge on any atom is -0.466 e. The predicted molar refractivity (Wildman–Crippen MR) is 118 cm³/mol. The Morgan fingerprint density at radius 1 is 1.10 bits per heavy atom. The van der Waals surface area contributed by atoms with Crippen LogP contribution in [0.25, 0.3) is 0 Å². The highest BCUT2D eigenvalue weighted by molar-refractivity contribution is 7.89. The number of aryl methyl sites for hydroxylation is 1. The summed E-state index contributed by atoms with van der Waals surface area (Å²) < 4.78 is 33.5. The molecule has 7 heteroatoms. The first-order valence-corrected chi connectivity index (χ1v) is 12.0. The summed E-state index contributed by atoms with van der Waals surface area (Å²) in [5.41, 5.74) is 1.59. The van der Waals surface area contributed by atoms with Crippen LogP contribution in [0.1, 0.15) is 48.2 Å². The van der Waals surface area contributed by atoms with E-state index in [2.05, 4.69) is 0 Å². The van der Waals surface area contributed by atoms with E-state index in [0.717, 1.165) is 11.1 Å². The molecule has 0 amide bonds. The van der Waals surface area contributed by atoms with Crippen LogP contribution in [-0.4, -0.2) is 44.2 Å². The van der Waals surface area contributed by atoms with Crippen molar-refractivity contribution in [2.45, 2.75) is 44.9 Å². The van der Waals surface area contributed by atoms with Gasteiger partial charge in [0.15, 0.2) is 5.78 Å². The maximum atomic E-state index is 13.3. The largest absolute Gasteiger partial charge is 0.466 e. The van der Waals surface area contributed by atoms with Crippen molar-refractivity contribution >= 4 is 21.8 Å². The molecule has 1 fully saturated rings. The highest BCUT2D eigenvalue weighted by Gasteiger charge is 2.46.